The van der Waals surface area contributed by atoms with Crippen molar-refractivity contribution in [2.75, 3.05) is 11.9 Å². The molecule has 1 N–H and O–H groups in total. The molecule has 2 aromatic rings. The molecule has 0 heterocycles. The van der Waals surface area contributed by atoms with Crippen molar-refractivity contribution >= 4 is 16.5 Å². The number of benzene rings is 2. The molecular weight excluding hydrogens is 239 g/mol. The highest BCUT2D eigenvalue weighted by molar-refractivity contribution is 5.85. The van der Waals surface area contributed by atoms with Gasteiger partial charge in [0, 0.05) is 18.7 Å². The third kappa shape index (κ3) is 3.65. The van der Waals surface area contributed by atoms with Gasteiger partial charge in [-0.3, -0.25) is 0 Å². The maximum atomic E-state index is 12.0. The Labute approximate surface area is 104 Å². The van der Waals surface area contributed by atoms with Gasteiger partial charge in [0.1, 0.15) is 0 Å². The van der Waals surface area contributed by atoms with Gasteiger partial charge >= 0.3 is 6.18 Å². The van der Waals surface area contributed by atoms with Crippen molar-refractivity contribution < 1.29 is 13.2 Å². The minimum Gasteiger partial charge on any atom is -0.385 e. The molecule has 2 rings (SSSR count). The Bertz CT molecular complexity index is 520. The summed E-state index contributed by atoms with van der Waals surface area (Å²) < 4.78 is 35.9. The highest BCUT2D eigenvalue weighted by atomic mass is 19.4. The van der Waals surface area contributed by atoms with Crippen LogP contribution in [0.4, 0.5) is 18.9 Å². The lowest BCUT2D eigenvalue weighted by atomic mass is 10.1. The van der Waals surface area contributed by atoms with Gasteiger partial charge in [0.05, 0.1) is 0 Å². The maximum absolute atomic E-state index is 12.0. The van der Waals surface area contributed by atoms with Crippen LogP contribution in [-0.4, -0.2) is 12.7 Å². The molecule has 4 heteroatoms. The van der Waals surface area contributed by atoms with Crippen molar-refractivity contribution in [1.29, 1.82) is 0 Å². The Hall–Kier alpha value is -1.71. The van der Waals surface area contributed by atoms with Crippen LogP contribution in [0.25, 0.3) is 10.8 Å². The summed E-state index contributed by atoms with van der Waals surface area (Å²) in [7, 11) is 0. The number of halogens is 3. The Balaban J connectivity index is 1.92. The molecule has 96 valence electrons. The standard InChI is InChI=1S/C14H14F3N/c15-14(16,17)8-3-9-18-13-7-6-11-4-1-2-5-12(11)10-13/h1-2,4-7,10,18H,3,8-9H2. The quantitative estimate of drug-likeness (QED) is 0.785. The van der Waals surface area contributed by atoms with Crippen molar-refractivity contribution in [1.82, 2.24) is 0 Å². The van der Waals surface area contributed by atoms with Crippen molar-refractivity contribution in [3.63, 3.8) is 0 Å². The lowest BCUT2D eigenvalue weighted by Crippen LogP contribution is -2.10. The van der Waals surface area contributed by atoms with Gasteiger partial charge in [-0.15, -0.1) is 0 Å². The average molecular weight is 253 g/mol. The third-order valence-electron chi connectivity index (χ3n) is 2.72. The Kier molecular flexibility index (Phi) is 3.75. The molecule has 0 bridgehead atoms. The number of hydrogen-bond acceptors (Lipinski definition) is 1. The van der Waals surface area contributed by atoms with Crippen LogP contribution in [0, 0.1) is 0 Å². The molecule has 2 aromatic carbocycles. The molecule has 0 saturated carbocycles. The van der Waals surface area contributed by atoms with Crippen LogP contribution in [0.3, 0.4) is 0 Å². The van der Waals surface area contributed by atoms with Crippen LogP contribution in [-0.2, 0) is 0 Å². The van der Waals surface area contributed by atoms with Gasteiger partial charge in [-0.2, -0.15) is 13.2 Å². The number of hydrogen-bond donors (Lipinski definition) is 1. The highest BCUT2D eigenvalue weighted by Gasteiger charge is 2.25. The molecular formula is C14H14F3N. The summed E-state index contributed by atoms with van der Waals surface area (Å²) >= 11 is 0. The van der Waals surface area contributed by atoms with E-state index in [1.165, 1.54) is 0 Å². The van der Waals surface area contributed by atoms with Gasteiger partial charge in [-0.25, -0.2) is 0 Å². The summed E-state index contributed by atoms with van der Waals surface area (Å²) in [4.78, 5) is 0. The summed E-state index contributed by atoms with van der Waals surface area (Å²) in [5.74, 6) is 0. The van der Waals surface area contributed by atoms with Gasteiger partial charge < -0.3 is 5.32 Å². The fourth-order valence-corrected chi connectivity index (χ4v) is 1.82. The van der Waals surface area contributed by atoms with Gasteiger partial charge in [-0.05, 0) is 29.3 Å². The topological polar surface area (TPSA) is 12.0 Å². The molecule has 0 spiro atoms. The molecule has 0 aliphatic carbocycles. The molecule has 0 amide bonds. The second-order valence-corrected chi connectivity index (χ2v) is 4.21. The second-order valence-electron chi connectivity index (χ2n) is 4.21. The smallest absolute Gasteiger partial charge is 0.385 e. The Morgan fingerprint density at radius 1 is 0.944 bits per heavy atom. The van der Waals surface area contributed by atoms with Gasteiger partial charge in [0.2, 0.25) is 0 Å². The first-order chi connectivity index (χ1) is 8.54. The lowest BCUT2D eigenvalue weighted by molar-refractivity contribution is -0.134. The van der Waals surface area contributed by atoms with Crippen molar-refractivity contribution in [2.45, 2.75) is 19.0 Å². The zero-order valence-corrected chi connectivity index (χ0v) is 9.80. The van der Waals surface area contributed by atoms with E-state index < -0.39 is 12.6 Å². The summed E-state index contributed by atoms with van der Waals surface area (Å²) in [5, 5.41) is 5.21. The molecule has 0 aliphatic rings. The fraction of sp³-hybridized carbons (Fsp3) is 0.286. The third-order valence-corrected chi connectivity index (χ3v) is 2.72. The van der Waals surface area contributed by atoms with Crippen LogP contribution < -0.4 is 5.32 Å². The largest absolute Gasteiger partial charge is 0.389 e. The van der Waals surface area contributed by atoms with Crippen molar-refractivity contribution in [3.05, 3.63) is 42.5 Å². The molecule has 0 aromatic heterocycles. The highest BCUT2D eigenvalue weighted by Crippen LogP contribution is 2.22. The minimum absolute atomic E-state index is 0.0936. The fourth-order valence-electron chi connectivity index (χ4n) is 1.82. The van der Waals surface area contributed by atoms with E-state index in [9.17, 15) is 13.2 Å². The second kappa shape index (κ2) is 5.29. The van der Waals surface area contributed by atoms with Crippen LogP contribution in [0.5, 0.6) is 0 Å². The summed E-state index contributed by atoms with van der Waals surface area (Å²) in [6.07, 6.45) is -4.71. The van der Waals surface area contributed by atoms with E-state index in [0.717, 1.165) is 16.5 Å². The molecule has 0 unspecified atom stereocenters. The summed E-state index contributed by atoms with van der Waals surface area (Å²) in [5.41, 5.74) is 0.857. The van der Waals surface area contributed by atoms with Crippen LogP contribution in [0.1, 0.15) is 12.8 Å². The maximum Gasteiger partial charge on any atom is 0.389 e. The molecule has 0 aliphatic heterocycles. The van der Waals surface area contributed by atoms with E-state index in [0.29, 0.717) is 6.54 Å². The first-order valence-electron chi connectivity index (χ1n) is 5.84. The first-order valence-corrected chi connectivity index (χ1v) is 5.84. The normalized spacial score (nSPS) is 11.7. The van der Waals surface area contributed by atoms with Crippen LogP contribution in [0.15, 0.2) is 42.5 Å². The van der Waals surface area contributed by atoms with E-state index in [1.807, 2.05) is 42.5 Å². The van der Waals surface area contributed by atoms with E-state index in [1.54, 1.807) is 0 Å². The average Bonchev–Trinajstić information content (AvgIpc) is 2.33. The van der Waals surface area contributed by atoms with E-state index in [2.05, 4.69) is 5.32 Å². The summed E-state index contributed by atoms with van der Waals surface area (Å²) in [6, 6.07) is 13.7. The molecule has 0 fully saturated rings. The van der Waals surface area contributed by atoms with E-state index in [4.69, 9.17) is 0 Å². The van der Waals surface area contributed by atoms with Crippen molar-refractivity contribution in [2.24, 2.45) is 0 Å². The number of alkyl halides is 3. The van der Waals surface area contributed by atoms with E-state index >= 15 is 0 Å². The molecule has 0 atom stereocenters. The van der Waals surface area contributed by atoms with Gasteiger partial charge in [0.25, 0.3) is 0 Å². The Morgan fingerprint density at radius 3 is 2.39 bits per heavy atom. The number of fused-ring (bicyclic) bond motifs is 1. The number of rotatable bonds is 4. The van der Waals surface area contributed by atoms with Crippen molar-refractivity contribution in [3.8, 4) is 0 Å². The molecule has 18 heavy (non-hydrogen) atoms. The number of anilines is 1. The first kappa shape index (κ1) is 12.7. The molecule has 1 nitrogen and oxygen atoms in total. The van der Waals surface area contributed by atoms with Crippen LogP contribution >= 0.6 is 0 Å². The van der Waals surface area contributed by atoms with Gasteiger partial charge in [-0.1, -0.05) is 30.3 Å². The minimum atomic E-state index is -4.06. The molecule has 0 saturated heterocycles. The van der Waals surface area contributed by atoms with Gasteiger partial charge in [0.15, 0.2) is 0 Å². The SMILES string of the molecule is FC(F)(F)CCCNc1ccc2ccccc2c1. The zero-order valence-electron chi connectivity index (χ0n) is 9.80. The van der Waals surface area contributed by atoms with E-state index in [-0.39, 0.29) is 6.42 Å². The monoisotopic (exact) mass is 253 g/mol. The predicted molar refractivity (Wildman–Crippen MR) is 67.7 cm³/mol. The predicted octanol–water partition coefficient (Wildman–Crippen LogP) is 4.59. The zero-order chi connectivity index (χ0) is 13.0. The summed E-state index contributed by atoms with van der Waals surface area (Å²) in [6.45, 7) is 0.331. The van der Waals surface area contributed by atoms with Crippen LogP contribution in [0.2, 0.25) is 0 Å². The lowest BCUT2D eigenvalue weighted by Gasteiger charge is -2.09. The molecule has 0 radical (unpaired) electrons. The number of nitrogens with one attached hydrogen (secondary N) is 1. The Morgan fingerprint density at radius 2 is 1.67 bits per heavy atom.